The maximum Gasteiger partial charge on any atom is 0.325 e. The summed E-state index contributed by atoms with van der Waals surface area (Å²) in [5.41, 5.74) is 1.71. The van der Waals surface area contributed by atoms with Crippen LogP contribution in [0.2, 0.25) is 0 Å². The van der Waals surface area contributed by atoms with Crippen molar-refractivity contribution < 1.29 is 32.2 Å². The minimum atomic E-state index is -3.83. The molecule has 1 aliphatic rings. The fourth-order valence-corrected chi connectivity index (χ4v) is 6.92. The van der Waals surface area contributed by atoms with E-state index >= 15 is 0 Å². The average molecular weight is 582 g/mol. The maximum absolute atomic E-state index is 13.5. The second-order valence-electron chi connectivity index (χ2n) is 9.29. The number of methoxy groups -OCH3 is 1. The van der Waals surface area contributed by atoms with Gasteiger partial charge in [-0.25, -0.2) is 8.42 Å². The number of benzene rings is 3. The van der Waals surface area contributed by atoms with Gasteiger partial charge in [0.1, 0.15) is 6.54 Å². The van der Waals surface area contributed by atoms with E-state index in [1.807, 2.05) is 44.2 Å². The molecule has 0 aliphatic carbocycles. The zero-order valence-corrected chi connectivity index (χ0v) is 23.7. The third-order valence-electron chi connectivity index (χ3n) is 6.35. The predicted octanol–water partition coefficient (Wildman–Crippen LogP) is 3.94. The van der Waals surface area contributed by atoms with Crippen LogP contribution in [-0.4, -0.2) is 49.1 Å². The summed E-state index contributed by atoms with van der Waals surface area (Å²) >= 11 is 1.21. The quantitative estimate of drug-likeness (QED) is 0.289. The lowest BCUT2D eigenvalue weighted by Crippen LogP contribution is -2.36. The molecule has 2 heterocycles. The Hall–Kier alpha value is -4.00. The van der Waals surface area contributed by atoms with Crippen LogP contribution in [0.5, 0.6) is 11.5 Å². The third kappa shape index (κ3) is 5.51. The van der Waals surface area contributed by atoms with Crippen molar-refractivity contribution in [1.29, 1.82) is 0 Å². The average Bonchev–Trinajstić information content (AvgIpc) is 3.54. The van der Waals surface area contributed by atoms with E-state index in [1.165, 1.54) is 47.0 Å². The van der Waals surface area contributed by atoms with Crippen LogP contribution in [0.4, 0.5) is 0 Å². The first-order valence-electron chi connectivity index (χ1n) is 12.4. The molecule has 10 nitrogen and oxygen atoms in total. The Bertz CT molecular complexity index is 1740. The summed E-state index contributed by atoms with van der Waals surface area (Å²) in [4.78, 5) is 29.9. The molecule has 0 fully saturated rings. The van der Waals surface area contributed by atoms with Crippen molar-refractivity contribution in [1.82, 2.24) is 8.87 Å². The van der Waals surface area contributed by atoms with Crippen LogP contribution in [0.25, 0.3) is 10.2 Å². The summed E-state index contributed by atoms with van der Waals surface area (Å²) in [6.07, 6.45) is 0. The van der Waals surface area contributed by atoms with Gasteiger partial charge >= 0.3 is 5.97 Å². The van der Waals surface area contributed by atoms with Gasteiger partial charge in [-0.3, -0.25) is 9.59 Å². The smallest absolute Gasteiger partial charge is 0.325 e. The Balaban J connectivity index is 1.46. The summed E-state index contributed by atoms with van der Waals surface area (Å²) in [5, 5.41) is 0. The number of amides is 1. The van der Waals surface area contributed by atoms with Gasteiger partial charge in [-0.1, -0.05) is 41.7 Å². The highest BCUT2D eigenvalue weighted by Gasteiger charge is 2.27. The summed E-state index contributed by atoms with van der Waals surface area (Å²) in [7, 11) is -2.55. The molecular weight excluding hydrogens is 554 g/mol. The van der Waals surface area contributed by atoms with Crippen LogP contribution < -0.4 is 14.3 Å². The normalized spacial score (nSPS) is 13.4. The molecule has 0 radical (unpaired) electrons. The molecule has 0 saturated carbocycles. The molecule has 0 N–H and O–H groups in total. The van der Waals surface area contributed by atoms with Gasteiger partial charge in [-0.15, -0.1) is 0 Å². The molecule has 3 aromatic carbocycles. The zero-order valence-electron chi connectivity index (χ0n) is 22.1. The number of esters is 1. The number of hydrogen-bond donors (Lipinski definition) is 0. The minimum Gasteiger partial charge on any atom is -0.468 e. The lowest BCUT2D eigenvalue weighted by Gasteiger charge is -2.26. The Morgan fingerprint density at radius 1 is 1.05 bits per heavy atom. The standard InChI is InChI=1S/C28H27N3O7S2/c1-18(2)31(15-19-7-5-4-6-8-19)40(34,35)21-11-9-20(10-12-21)27(33)29-28-30(16-26(32)36-3)22-13-23-24(38-17-37-23)14-25(22)39-28/h4-14,18H,15-17H2,1-3H3. The Morgan fingerprint density at radius 3 is 2.38 bits per heavy atom. The molecule has 1 aromatic heterocycles. The topological polar surface area (TPSA) is 117 Å². The molecule has 12 heteroatoms. The zero-order chi connectivity index (χ0) is 28.4. The van der Waals surface area contributed by atoms with Crippen molar-refractivity contribution in [3.63, 3.8) is 0 Å². The molecule has 4 aromatic rings. The molecule has 1 aliphatic heterocycles. The van der Waals surface area contributed by atoms with E-state index in [9.17, 15) is 18.0 Å². The van der Waals surface area contributed by atoms with Crippen LogP contribution in [0.15, 0.2) is 76.6 Å². The molecule has 208 valence electrons. The van der Waals surface area contributed by atoms with E-state index in [-0.39, 0.29) is 41.2 Å². The Labute approximate surface area is 235 Å². The number of carbonyl (C=O) groups is 2. The van der Waals surface area contributed by atoms with Gasteiger partial charge in [-0.2, -0.15) is 9.30 Å². The molecule has 0 atom stereocenters. The van der Waals surface area contributed by atoms with Crippen molar-refractivity contribution in [3.8, 4) is 11.5 Å². The number of rotatable bonds is 8. The molecule has 0 bridgehead atoms. The number of hydrogen-bond acceptors (Lipinski definition) is 8. The minimum absolute atomic E-state index is 0.0748. The highest BCUT2D eigenvalue weighted by Crippen LogP contribution is 2.37. The van der Waals surface area contributed by atoms with Gasteiger partial charge < -0.3 is 18.8 Å². The number of fused-ring (bicyclic) bond motifs is 2. The molecule has 0 spiro atoms. The van der Waals surface area contributed by atoms with Gasteiger partial charge in [-0.05, 0) is 43.7 Å². The molecular formula is C28H27N3O7S2. The first-order chi connectivity index (χ1) is 19.2. The highest BCUT2D eigenvalue weighted by molar-refractivity contribution is 7.89. The predicted molar refractivity (Wildman–Crippen MR) is 149 cm³/mol. The highest BCUT2D eigenvalue weighted by atomic mass is 32.2. The van der Waals surface area contributed by atoms with Crippen molar-refractivity contribution in [2.24, 2.45) is 4.99 Å². The monoisotopic (exact) mass is 581 g/mol. The molecule has 1 amide bonds. The Morgan fingerprint density at radius 2 is 1.73 bits per heavy atom. The maximum atomic E-state index is 13.5. The number of ether oxygens (including phenoxy) is 3. The number of carbonyl (C=O) groups excluding carboxylic acids is 2. The lowest BCUT2D eigenvalue weighted by molar-refractivity contribution is -0.141. The Kier molecular flexibility index (Phi) is 7.74. The van der Waals surface area contributed by atoms with Crippen LogP contribution in [0.3, 0.4) is 0 Å². The molecule has 40 heavy (non-hydrogen) atoms. The summed E-state index contributed by atoms with van der Waals surface area (Å²) in [6.45, 7) is 3.80. The number of aromatic nitrogens is 1. The fraction of sp³-hybridized carbons (Fsp3) is 0.250. The van der Waals surface area contributed by atoms with Gasteiger partial charge in [0.2, 0.25) is 16.8 Å². The van der Waals surface area contributed by atoms with Crippen molar-refractivity contribution in [3.05, 3.63) is 82.7 Å². The van der Waals surface area contributed by atoms with Crippen LogP contribution in [-0.2, 0) is 32.6 Å². The van der Waals surface area contributed by atoms with Gasteiger partial charge in [0.05, 0.1) is 22.2 Å². The van der Waals surface area contributed by atoms with Crippen molar-refractivity contribution >= 4 is 43.5 Å². The number of sulfonamides is 1. The second kappa shape index (κ2) is 11.2. The van der Waals surface area contributed by atoms with Crippen LogP contribution >= 0.6 is 11.3 Å². The molecule has 5 rings (SSSR count). The van der Waals surface area contributed by atoms with Gasteiger partial charge in [0.15, 0.2) is 16.3 Å². The number of thiazole rings is 1. The van der Waals surface area contributed by atoms with Gasteiger partial charge in [0, 0.05) is 30.3 Å². The number of nitrogens with zero attached hydrogens (tertiary/aromatic N) is 3. The van der Waals surface area contributed by atoms with E-state index < -0.39 is 21.9 Å². The van der Waals surface area contributed by atoms with Crippen LogP contribution in [0.1, 0.15) is 29.8 Å². The van der Waals surface area contributed by atoms with Gasteiger partial charge in [0.25, 0.3) is 5.91 Å². The second-order valence-corrected chi connectivity index (χ2v) is 12.2. The summed E-state index contributed by atoms with van der Waals surface area (Å²) in [6, 6.07) is 18.3. The molecule has 0 unspecified atom stereocenters. The first kappa shape index (κ1) is 27.6. The van der Waals surface area contributed by atoms with E-state index in [0.717, 1.165) is 10.3 Å². The molecule has 0 saturated heterocycles. The SMILES string of the molecule is COC(=O)Cn1c(=NC(=O)c2ccc(S(=O)(=O)N(Cc3ccccc3)C(C)C)cc2)sc2cc3c(cc21)OCO3. The van der Waals surface area contributed by atoms with Crippen molar-refractivity contribution in [2.45, 2.75) is 37.9 Å². The van der Waals surface area contributed by atoms with E-state index in [4.69, 9.17) is 14.2 Å². The summed E-state index contributed by atoms with van der Waals surface area (Å²) in [5.74, 6) is 0.00263. The lowest BCUT2D eigenvalue weighted by atomic mass is 10.2. The van der Waals surface area contributed by atoms with Crippen LogP contribution in [0, 0.1) is 0 Å². The van der Waals surface area contributed by atoms with Crippen molar-refractivity contribution in [2.75, 3.05) is 13.9 Å². The first-order valence-corrected chi connectivity index (χ1v) is 14.7. The third-order valence-corrected chi connectivity index (χ3v) is 9.43. The van der Waals surface area contributed by atoms with E-state index in [0.29, 0.717) is 17.0 Å². The van der Waals surface area contributed by atoms with E-state index in [1.54, 1.807) is 16.7 Å². The largest absolute Gasteiger partial charge is 0.468 e. The summed E-state index contributed by atoms with van der Waals surface area (Å²) < 4.78 is 46.4. The van der Waals surface area contributed by atoms with E-state index in [2.05, 4.69) is 4.99 Å². The fourth-order valence-electron chi connectivity index (χ4n) is 4.26.